The highest BCUT2D eigenvalue weighted by molar-refractivity contribution is 7.99. The summed E-state index contributed by atoms with van der Waals surface area (Å²) < 4.78 is 13.1. The third-order valence-electron chi connectivity index (χ3n) is 5.54. The van der Waals surface area contributed by atoms with Crippen molar-refractivity contribution in [1.82, 2.24) is 19.7 Å². The number of carbonyl (C=O) groups is 1. The summed E-state index contributed by atoms with van der Waals surface area (Å²) in [6, 6.07) is 7.80. The Kier molecular flexibility index (Phi) is 5.57. The number of nitrogens with zero attached hydrogens (tertiary/aromatic N) is 4. The minimum absolute atomic E-state index is 0.187. The van der Waals surface area contributed by atoms with E-state index in [-0.39, 0.29) is 11.6 Å². The van der Waals surface area contributed by atoms with Gasteiger partial charge < -0.3 is 14.5 Å². The van der Waals surface area contributed by atoms with Crippen molar-refractivity contribution in [2.24, 2.45) is 0 Å². The van der Waals surface area contributed by atoms with Crippen molar-refractivity contribution >= 4 is 34.3 Å². The number of methoxy groups -OCH3 is 1. The molecule has 4 aromatic rings. The number of hydrogen-bond donors (Lipinski definition) is 1. The van der Waals surface area contributed by atoms with Crippen LogP contribution in [0.1, 0.15) is 35.1 Å². The van der Waals surface area contributed by atoms with E-state index in [1.807, 2.05) is 43.1 Å². The summed E-state index contributed by atoms with van der Waals surface area (Å²) in [4.78, 5) is 21.4. The first-order valence-corrected chi connectivity index (χ1v) is 11.6. The van der Waals surface area contributed by atoms with Gasteiger partial charge in [-0.3, -0.25) is 14.5 Å². The predicted octanol–water partition coefficient (Wildman–Crippen LogP) is 4.72. The molecule has 1 fully saturated rings. The average molecular weight is 450 g/mol. The Balaban J connectivity index is 1.39. The van der Waals surface area contributed by atoms with Gasteiger partial charge in [-0.25, -0.2) is 4.98 Å². The fraction of sp³-hybridized carbons (Fsp3) is 0.304. The van der Waals surface area contributed by atoms with Crippen LogP contribution in [0, 0.1) is 6.92 Å². The maximum atomic E-state index is 12.9. The molecule has 0 bridgehead atoms. The molecule has 0 spiro atoms. The Morgan fingerprint density at radius 1 is 1.28 bits per heavy atom. The highest BCUT2D eigenvalue weighted by Gasteiger charge is 2.20. The van der Waals surface area contributed by atoms with Crippen LogP contribution < -0.4 is 10.1 Å². The molecule has 5 rings (SSSR count). The molecule has 0 unspecified atom stereocenters. The number of oxazole rings is 1. The Morgan fingerprint density at radius 3 is 2.91 bits per heavy atom. The molecule has 164 valence electrons. The molecule has 0 atom stereocenters. The molecule has 8 nitrogen and oxygen atoms in total. The van der Waals surface area contributed by atoms with Crippen LogP contribution in [-0.4, -0.2) is 44.3 Å². The number of ether oxygens (including phenoxy) is 1. The van der Waals surface area contributed by atoms with E-state index in [9.17, 15) is 4.79 Å². The van der Waals surface area contributed by atoms with E-state index in [1.165, 1.54) is 6.26 Å². The maximum absolute atomic E-state index is 12.9. The summed E-state index contributed by atoms with van der Waals surface area (Å²) in [5.74, 6) is 2.85. The van der Waals surface area contributed by atoms with Crippen molar-refractivity contribution in [2.45, 2.75) is 25.8 Å². The van der Waals surface area contributed by atoms with Gasteiger partial charge >= 0.3 is 0 Å². The normalized spacial score (nSPS) is 14.6. The van der Waals surface area contributed by atoms with E-state index in [0.717, 1.165) is 46.5 Å². The molecular weight excluding hydrogens is 426 g/mol. The van der Waals surface area contributed by atoms with Gasteiger partial charge in [-0.2, -0.15) is 16.9 Å². The SMILES string of the molecule is COc1cc2nn(C3CCSCC3)cc2cc1NC(=O)c1coc(-c2ccnc(C)c2)n1. The van der Waals surface area contributed by atoms with Crippen molar-refractivity contribution in [3.8, 4) is 17.2 Å². The lowest BCUT2D eigenvalue weighted by atomic mass is 10.1. The molecular formula is C23H23N5O3S. The number of aromatic nitrogens is 4. The summed E-state index contributed by atoms with van der Waals surface area (Å²) in [6.45, 7) is 1.89. The topological polar surface area (TPSA) is 95.1 Å². The van der Waals surface area contributed by atoms with Crippen LogP contribution in [0.15, 0.2) is 47.3 Å². The van der Waals surface area contributed by atoms with E-state index < -0.39 is 0 Å². The molecule has 32 heavy (non-hydrogen) atoms. The zero-order valence-corrected chi connectivity index (χ0v) is 18.7. The lowest BCUT2D eigenvalue weighted by Crippen LogP contribution is -2.15. The van der Waals surface area contributed by atoms with E-state index in [0.29, 0.717) is 23.4 Å². The molecule has 1 aliphatic rings. The zero-order chi connectivity index (χ0) is 22.1. The van der Waals surface area contributed by atoms with E-state index in [2.05, 4.69) is 20.0 Å². The van der Waals surface area contributed by atoms with Crippen LogP contribution in [0.5, 0.6) is 5.75 Å². The fourth-order valence-electron chi connectivity index (χ4n) is 3.85. The number of nitrogens with one attached hydrogen (secondary N) is 1. The second kappa shape index (κ2) is 8.66. The van der Waals surface area contributed by atoms with Gasteiger partial charge in [0.25, 0.3) is 5.91 Å². The van der Waals surface area contributed by atoms with Gasteiger partial charge in [0.05, 0.1) is 24.4 Å². The van der Waals surface area contributed by atoms with E-state index in [1.54, 1.807) is 19.4 Å². The minimum Gasteiger partial charge on any atom is -0.494 e. The fourth-order valence-corrected chi connectivity index (χ4v) is 4.93. The van der Waals surface area contributed by atoms with Crippen molar-refractivity contribution in [2.75, 3.05) is 23.9 Å². The smallest absolute Gasteiger partial charge is 0.277 e. The summed E-state index contributed by atoms with van der Waals surface area (Å²) >= 11 is 1.99. The Labute approximate surface area is 189 Å². The summed E-state index contributed by atoms with van der Waals surface area (Å²) in [6.07, 6.45) is 7.31. The number of anilines is 1. The van der Waals surface area contributed by atoms with E-state index >= 15 is 0 Å². The number of hydrogen-bond acceptors (Lipinski definition) is 7. The Bertz CT molecular complexity index is 1280. The van der Waals surface area contributed by atoms with Gasteiger partial charge in [0, 0.05) is 35.1 Å². The number of benzene rings is 1. The van der Waals surface area contributed by atoms with Crippen molar-refractivity contribution in [3.63, 3.8) is 0 Å². The maximum Gasteiger partial charge on any atom is 0.277 e. The highest BCUT2D eigenvalue weighted by atomic mass is 32.2. The van der Waals surface area contributed by atoms with Gasteiger partial charge in [0.1, 0.15) is 12.0 Å². The molecule has 1 N–H and O–H groups in total. The third kappa shape index (κ3) is 4.08. The Hall–Kier alpha value is -3.33. The first kappa shape index (κ1) is 20.6. The Morgan fingerprint density at radius 2 is 2.12 bits per heavy atom. The number of aryl methyl sites for hydroxylation is 1. The van der Waals surface area contributed by atoms with Crippen LogP contribution in [-0.2, 0) is 0 Å². The lowest BCUT2D eigenvalue weighted by Gasteiger charge is -2.21. The number of amides is 1. The van der Waals surface area contributed by atoms with Crippen LogP contribution in [0.25, 0.3) is 22.4 Å². The number of rotatable bonds is 5. The molecule has 3 aromatic heterocycles. The molecule has 1 saturated heterocycles. The summed E-state index contributed by atoms with van der Waals surface area (Å²) in [5.41, 5.74) is 3.20. The summed E-state index contributed by atoms with van der Waals surface area (Å²) in [5, 5.41) is 8.60. The molecule has 0 saturated carbocycles. The highest BCUT2D eigenvalue weighted by Crippen LogP contribution is 2.33. The zero-order valence-electron chi connectivity index (χ0n) is 17.9. The van der Waals surface area contributed by atoms with Crippen LogP contribution in [0.2, 0.25) is 0 Å². The second-order valence-corrected chi connectivity index (χ2v) is 8.97. The van der Waals surface area contributed by atoms with Gasteiger partial charge in [0.2, 0.25) is 5.89 Å². The first-order valence-electron chi connectivity index (χ1n) is 10.5. The molecule has 1 amide bonds. The van der Waals surface area contributed by atoms with Crippen molar-refractivity contribution in [1.29, 1.82) is 0 Å². The number of thioether (sulfide) groups is 1. The average Bonchev–Trinajstić information content (AvgIpc) is 3.46. The van der Waals surface area contributed by atoms with Crippen LogP contribution >= 0.6 is 11.8 Å². The van der Waals surface area contributed by atoms with Gasteiger partial charge in [0.15, 0.2) is 5.69 Å². The molecule has 0 radical (unpaired) electrons. The van der Waals surface area contributed by atoms with E-state index in [4.69, 9.17) is 14.3 Å². The first-order chi connectivity index (χ1) is 15.6. The van der Waals surface area contributed by atoms with Crippen molar-refractivity contribution < 1.29 is 13.9 Å². The molecule has 1 aliphatic heterocycles. The molecule has 4 heterocycles. The second-order valence-electron chi connectivity index (χ2n) is 7.74. The predicted molar refractivity (Wildman–Crippen MR) is 124 cm³/mol. The number of carbonyl (C=O) groups excluding carboxylic acids is 1. The van der Waals surface area contributed by atoms with Gasteiger partial charge in [-0.1, -0.05) is 0 Å². The standard InChI is InChI=1S/C23H23N5O3S/c1-14-9-15(3-6-24-14)23-26-20(13-31-23)22(29)25-19-10-16-12-28(17-4-7-32-8-5-17)27-18(16)11-21(19)30-2/h3,6,9-13,17H,4-5,7-8H2,1-2H3,(H,25,29). The van der Waals surface area contributed by atoms with Gasteiger partial charge in [-0.05, 0) is 49.5 Å². The van der Waals surface area contributed by atoms with Crippen LogP contribution in [0.3, 0.4) is 0 Å². The van der Waals surface area contributed by atoms with Crippen LogP contribution in [0.4, 0.5) is 5.69 Å². The third-order valence-corrected chi connectivity index (χ3v) is 6.59. The quantitative estimate of drug-likeness (QED) is 0.471. The lowest BCUT2D eigenvalue weighted by molar-refractivity contribution is 0.102. The van der Waals surface area contributed by atoms with Gasteiger partial charge in [-0.15, -0.1) is 0 Å². The summed E-state index contributed by atoms with van der Waals surface area (Å²) in [7, 11) is 1.58. The number of fused-ring (bicyclic) bond motifs is 1. The monoisotopic (exact) mass is 449 g/mol. The number of pyridine rings is 1. The molecule has 1 aromatic carbocycles. The van der Waals surface area contributed by atoms with Crippen molar-refractivity contribution in [3.05, 3.63) is 54.3 Å². The minimum atomic E-state index is -0.375. The largest absolute Gasteiger partial charge is 0.494 e. The molecule has 9 heteroatoms. The molecule has 0 aliphatic carbocycles.